The number of phenolic OH excluding ortho intramolecular Hbond substituents is 3. The Bertz CT molecular complexity index is 1760. The lowest BCUT2D eigenvalue weighted by atomic mass is 9.70. The molecule has 3 heterocycles. The molecule has 8 N–H and O–H groups in total. The van der Waals surface area contributed by atoms with Crippen molar-refractivity contribution in [3.8, 4) is 17.2 Å². The van der Waals surface area contributed by atoms with Gasteiger partial charge in [-0.2, -0.15) is 0 Å². The van der Waals surface area contributed by atoms with Crippen molar-refractivity contribution in [3.05, 3.63) is 51.6 Å². The fourth-order valence-electron chi connectivity index (χ4n) is 8.47. The molecule has 2 aromatic carbocycles. The highest BCUT2D eigenvalue weighted by molar-refractivity contribution is 6.31. The zero-order valence-electron chi connectivity index (χ0n) is 30.3. The molecule has 7 rings (SSSR count). The number of benzene rings is 2. The minimum atomic E-state index is -1.91. The number of aromatic hydroxyl groups is 3. The summed E-state index contributed by atoms with van der Waals surface area (Å²) in [5.74, 6) is -3.86. The van der Waals surface area contributed by atoms with Gasteiger partial charge in [-0.1, -0.05) is 19.1 Å². The first-order valence-corrected chi connectivity index (χ1v) is 18.4. The summed E-state index contributed by atoms with van der Waals surface area (Å²) in [7, 11) is 0. The maximum absolute atomic E-state index is 13.7. The average Bonchev–Trinajstić information content (AvgIpc) is 3.11. The van der Waals surface area contributed by atoms with Crippen LogP contribution in [0.15, 0.2) is 18.2 Å². The number of hydrogen-bond acceptors (Lipinski definition) is 16. The van der Waals surface area contributed by atoms with E-state index < -0.39 is 119 Å². The van der Waals surface area contributed by atoms with E-state index in [-0.39, 0.29) is 54.0 Å². The summed E-state index contributed by atoms with van der Waals surface area (Å²) in [4.78, 5) is 27.3. The number of aliphatic hydroxyl groups is 5. The van der Waals surface area contributed by atoms with Gasteiger partial charge in [0.1, 0.15) is 35.6 Å². The Hall–Kier alpha value is -3.26. The van der Waals surface area contributed by atoms with Crippen LogP contribution in [-0.4, -0.2) is 126 Å². The van der Waals surface area contributed by atoms with Gasteiger partial charge < -0.3 is 69.3 Å². The molecule has 0 aromatic heterocycles. The molecule has 2 aliphatic carbocycles. The molecule has 14 unspecified atom stereocenters. The van der Waals surface area contributed by atoms with Crippen molar-refractivity contribution in [2.24, 2.45) is 0 Å². The van der Waals surface area contributed by atoms with Crippen molar-refractivity contribution < 1.29 is 78.9 Å². The topological polar surface area (TPSA) is 251 Å². The van der Waals surface area contributed by atoms with Crippen LogP contribution in [-0.2, 0) is 28.4 Å². The molecule has 3 saturated heterocycles. The third-order valence-corrected chi connectivity index (χ3v) is 11.6. The summed E-state index contributed by atoms with van der Waals surface area (Å²) in [6, 6.07) is 3.86. The zero-order chi connectivity index (χ0) is 39.0. The molecule has 296 valence electrons. The SMILES string of the molecule is CCC1(O)CC(OC2CC(O)C(OC3CCC(OC4CC(O)C(O)C(C)O4)C(C)O3)C(C)O2)c2c(O)c3c(c(O)c2C1O)C(=O)c1cccc(O)c1C3=O. The van der Waals surface area contributed by atoms with Crippen LogP contribution < -0.4 is 0 Å². The van der Waals surface area contributed by atoms with Crippen LogP contribution in [0.25, 0.3) is 0 Å². The third kappa shape index (κ3) is 6.60. The highest BCUT2D eigenvalue weighted by Crippen LogP contribution is 2.56. The lowest BCUT2D eigenvalue weighted by molar-refractivity contribution is -0.324. The van der Waals surface area contributed by atoms with Crippen LogP contribution in [0, 0.1) is 0 Å². The smallest absolute Gasteiger partial charge is 0.202 e. The number of hydrogen-bond donors (Lipinski definition) is 8. The van der Waals surface area contributed by atoms with Crippen LogP contribution in [0.4, 0.5) is 0 Å². The summed E-state index contributed by atoms with van der Waals surface area (Å²) in [6.07, 6.45) is -11.3. The van der Waals surface area contributed by atoms with E-state index in [1.165, 1.54) is 18.2 Å². The number of aliphatic hydroxyl groups excluding tert-OH is 4. The first-order valence-electron chi connectivity index (χ1n) is 18.4. The van der Waals surface area contributed by atoms with Gasteiger partial charge in [-0.25, -0.2) is 0 Å². The molecule has 0 spiro atoms. The molecule has 16 heteroatoms. The molecule has 0 saturated carbocycles. The number of ketones is 2. The van der Waals surface area contributed by atoms with Crippen molar-refractivity contribution >= 4 is 11.6 Å². The van der Waals surface area contributed by atoms with E-state index in [4.69, 9.17) is 28.4 Å². The van der Waals surface area contributed by atoms with Crippen molar-refractivity contribution in [2.75, 3.05) is 0 Å². The quantitative estimate of drug-likeness (QED) is 0.160. The molecule has 54 heavy (non-hydrogen) atoms. The van der Waals surface area contributed by atoms with E-state index in [2.05, 4.69) is 0 Å². The maximum atomic E-state index is 13.7. The fraction of sp³-hybridized carbons (Fsp3) is 0.632. The van der Waals surface area contributed by atoms with Gasteiger partial charge in [0.2, 0.25) is 5.78 Å². The first-order chi connectivity index (χ1) is 25.5. The molecular formula is C38H48O16. The number of carbonyl (C=O) groups is 2. The Labute approximate surface area is 310 Å². The predicted octanol–water partition coefficient (Wildman–Crippen LogP) is 1.86. The van der Waals surface area contributed by atoms with Crippen LogP contribution in [0.3, 0.4) is 0 Å². The summed E-state index contributed by atoms with van der Waals surface area (Å²) >= 11 is 0. The standard InChI is InChI=1S/C38H48O16/c1-5-38(48)13-22(27-30(37(38)47)35(46)28-29(34(27)45)33(44)26-17(32(28)43)7-6-8-18(26)39)53-25-12-20(41)36(16(4)51-25)54-23-10-9-21(14(2)49-23)52-24-11-19(40)31(42)15(3)50-24/h6-8,14-16,19-25,31,36-37,39-42,45-48H,5,9-13H2,1-4H3. The van der Waals surface area contributed by atoms with Crippen molar-refractivity contribution in [1.82, 2.24) is 0 Å². The van der Waals surface area contributed by atoms with Gasteiger partial charge in [0, 0.05) is 42.4 Å². The lowest BCUT2D eigenvalue weighted by Gasteiger charge is -2.45. The highest BCUT2D eigenvalue weighted by atomic mass is 16.7. The minimum absolute atomic E-state index is 0.0294. The first kappa shape index (κ1) is 39.0. The molecule has 3 fully saturated rings. The zero-order valence-corrected chi connectivity index (χ0v) is 30.3. The second kappa shape index (κ2) is 14.7. The van der Waals surface area contributed by atoms with Crippen molar-refractivity contribution in [3.63, 3.8) is 0 Å². The van der Waals surface area contributed by atoms with Gasteiger partial charge in [0.05, 0.1) is 65.0 Å². The van der Waals surface area contributed by atoms with E-state index in [1.54, 1.807) is 20.8 Å². The largest absolute Gasteiger partial charge is 0.507 e. The van der Waals surface area contributed by atoms with Crippen LogP contribution in [0.5, 0.6) is 17.2 Å². The maximum Gasteiger partial charge on any atom is 0.202 e. The Morgan fingerprint density at radius 3 is 2.04 bits per heavy atom. The van der Waals surface area contributed by atoms with Gasteiger partial charge in [-0.05, 0) is 39.7 Å². The number of fused-ring (bicyclic) bond motifs is 3. The molecule has 5 aliphatic rings. The average molecular weight is 761 g/mol. The Morgan fingerprint density at radius 2 is 1.37 bits per heavy atom. The van der Waals surface area contributed by atoms with Gasteiger partial charge in [0.15, 0.2) is 24.7 Å². The highest BCUT2D eigenvalue weighted by Gasteiger charge is 2.52. The minimum Gasteiger partial charge on any atom is -0.507 e. The Balaban J connectivity index is 1.06. The number of phenols is 3. The van der Waals surface area contributed by atoms with Crippen LogP contribution in [0.2, 0.25) is 0 Å². The molecule has 2 aromatic rings. The van der Waals surface area contributed by atoms with E-state index in [0.29, 0.717) is 12.8 Å². The molecule has 16 nitrogen and oxygen atoms in total. The van der Waals surface area contributed by atoms with Crippen LogP contribution >= 0.6 is 0 Å². The van der Waals surface area contributed by atoms with Crippen molar-refractivity contribution in [2.45, 2.75) is 152 Å². The van der Waals surface area contributed by atoms with E-state index >= 15 is 0 Å². The van der Waals surface area contributed by atoms with E-state index in [1.807, 2.05) is 6.92 Å². The molecule has 0 amide bonds. The lowest BCUT2D eigenvalue weighted by Crippen LogP contribution is -2.53. The van der Waals surface area contributed by atoms with E-state index in [9.17, 15) is 50.4 Å². The third-order valence-electron chi connectivity index (χ3n) is 11.6. The van der Waals surface area contributed by atoms with Gasteiger partial charge in [-0.15, -0.1) is 0 Å². The number of ether oxygens (including phenoxy) is 6. The Morgan fingerprint density at radius 1 is 0.741 bits per heavy atom. The Kier molecular flexibility index (Phi) is 10.6. The summed E-state index contributed by atoms with van der Waals surface area (Å²) in [6.45, 7) is 6.73. The van der Waals surface area contributed by atoms with Crippen molar-refractivity contribution in [1.29, 1.82) is 0 Å². The van der Waals surface area contributed by atoms with Crippen LogP contribution in [0.1, 0.15) is 121 Å². The summed E-state index contributed by atoms with van der Waals surface area (Å²) in [5, 5.41) is 88.0. The molecule has 0 bridgehead atoms. The predicted molar refractivity (Wildman–Crippen MR) is 183 cm³/mol. The van der Waals surface area contributed by atoms with Gasteiger partial charge in [-0.3, -0.25) is 9.59 Å². The molecular weight excluding hydrogens is 712 g/mol. The van der Waals surface area contributed by atoms with Gasteiger partial charge in [0.25, 0.3) is 0 Å². The molecule has 0 radical (unpaired) electrons. The number of rotatable bonds is 7. The van der Waals surface area contributed by atoms with Gasteiger partial charge >= 0.3 is 0 Å². The number of carbonyl (C=O) groups excluding carboxylic acids is 2. The monoisotopic (exact) mass is 760 g/mol. The molecule has 3 aliphatic heterocycles. The second-order valence-electron chi connectivity index (χ2n) is 15.1. The normalized spacial score (nSPS) is 39.5. The van der Waals surface area contributed by atoms with E-state index in [0.717, 1.165) is 0 Å². The summed E-state index contributed by atoms with van der Waals surface area (Å²) in [5.41, 5.74) is -4.22. The summed E-state index contributed by atoms with van der Waals surface area (Å²) < 4.78 is 36.4. The second-order valence-corrected chi connectivity index (χ2v) is 15.1. The molecule has 14 atom stereocenters. The fourth-order valence-corrected chi connectivity index (χ4v) is 8.47.